The number of nitrogens with two attached hydrogens (primary N) is 1. The number of amides is 1. The first kappa shape index (κ1) is 25.9. The maximum Gasteiger partial charge on any atom is 0.341 e. The highest BCUT2D eigenvalue weighted by Crippen LogP contribution is 2.38. The lowest BCUT2D eigenvalue weighted by Crippen LogP contribution is -2.19. The van der Waals surface area contributed by atoms with Crippen LogP contribution < -0.4 is 15.9 Å². The number of hydrogen-bond donors (Lipinski definition) is 3. The van der Waals surface area contributed by atoms with Gasteiger partial charge in [0.15, 0.2) is 0 Å². The number of unbranched alkanes of at least 4 members (excludes halogenated alkanes) is 4. The van der Waals surface area contributed by atoms with Gasteiger partial charge in [0, 0.05) is 34.6 Å². The van der Waals surface area contributed by atoms with Crippen LogP contribution in [0.4, 0.5) is 4.39 Å². The Morgan fingerprint density at radius 1 is 1.14 bits per heavy atom. The summed E-state index contributed by atoms with van der Waals surface area (Å²) in [6.45, 7) is 2.97. The van der Waals surface area contributed by atoms with Crippen molar-refractivity contribution in [1.29, 1.82) is 0 Å². The van der Waals surface area contributed by atoms with E-state index in [-0.39, 0.29) is 28.1 Å². The van der Waals surface area contributed by atoms with Gasteiger partial charge in [0.1, 0.15) is 11.4 Å². The van der Waals surface area contributed by atoms with Crippen molar-refractivity contribution in [2.75, 3.05) is 6.54 Å². The van der Waals surface area contributed by atoms with Crippen molar-refractivity contribution < 1.29 is 19.1 Å². The van der Waals surface area contributed by atoms with Crippen LogP contribution in [0.25, 0.3) is 22.0 Å². The molecule has 4 rings (SSSR count). The number of rotatable bonds is 12. The molecule has 0 saturated heterocycles. The second-order valence-corrected chi connectivity index (χ2v) is 10.1. The standard InChI is InChI=1S/C27H30FN3O4S/c1-2-3-4-5-6-11-30-36-24-10-7-16(12-20(24)26(29)33)18-14-23-19(13-22(18)28)25(32)21(27(34)35)15-31(23)17-8-9-17/h7,10,12-15,17,30H,2-6,8-9,11H2,1H3,(H2,29,33)(H,34,35). The van der Waals surface area contributed by atoms with Gasteiger partial charge in [-0.25, -0.2) is 9.18 Å². The van der Waals surface area contributed by atoms with E-state index in [4.69, 9.17) is 5.73 Å². The molecule has 1 aromatic heterocycles. The van der Waals surface area contributed by atoms with Gasteiger partial charge in [-0.05, 0) is 61.0 Å². The number of nitrogens with zero attached hydrogens (tertiary/aromatic N) is 1. The minimum Gasteiger partial charge on any atom is -0.477 e. The molecule has 190 valence electrons. The molecule has 1 fully saturated rings. The van der Waals surface area contributed by atoms with Crippen molar-refractivity contribution in [3.05, 3.63) is 63.7 Å². The normalized spacial score (nSPS) is 13.3. The third kappa shape index (κ3) is 5.63. The Kier molecular flexibility index (Phi) is 8.11. The minimum atomic E-state index is -1.34. The van der Waals surface area contributed by atoms with Gasteiger partial charge in [-0.3, -0.25) is 14.3 Å². The van der Waals surface area contributed by atoms with E-state index in [1.165, 1.54) is 37.4 Å². The van der Waals surface area contributed by atoms with Crippen LogP contribution in [0.3, 0.4) is 0 Å². The number of aromatic carboxylic acids is 1. The Labute approximate surface area is 213 Å². The number of fused-ring (bicyclic) bond motifs is 1. The molecule has 1 aliphatic carbocycles. The summed E-state index contributed by atoms with van der Waals surface area (Å²) in [5, 5.41) is 9.45. The molecule has 0 bridgehead atoms. The van der Waals surface area contributed by atoms with Crippen LogP contribution >= 0.6 is 11.9 Å². The highest BCUT2D eigenvalue weighted by Gasteiger charge is 2.27. The maximum atomic E-state index is 15.2. The molecule has 0 radical (unpaired) electrons. The molecular weight excluding hydrogens is 481 g/mol. The van der Waals surface area contributed by atoms with E-state index < -0.39 is 23.1 Å². The van der Waals surface area contributed by atoms with Gasteiger partial charge < -0.3 is 15.4 Å². The zero-order valence-electron chi connectivity index (χ0n) is 20.2. The number of aromatic nitrogens is 1. The Morgan fingerprint density at radius 3 is 2.56 bits per heavy atom. The number of halogens is 1. The summed E-state index contributed by atoms with van der Waals surface area (Å²) in [4.78, 5) is 37.1. The summed E-state index contributed by atoms with van der Waals surface area (Å²) in [6.07, 6.45) is 8.85. The molecule has 2 aromatic carbocycles. The monoisotopic (exact) mass is 511 g/mol. The zero-order chi connectivity index (χ0) is 25.8. The van der Waals surface area contributed by atoms with Crippen LogP contribution in [-0.2, 0) is 0 Å². The average molecular weight is 512 g/mol. The van der Waals surface area contributed by atoms with E-state index >= 15 is 4.39 Å². The number of carbonyl (C=O) groups is 2. The molecule has 36 heavy (non-hydrogen) atoms. The fraction of sp³-hybridized carbons (Fsp3) is 0.370. The van der Waals surface area contributed by atoms with Gasteiger partial charge in [0.2, 0.25) is 11.3 Å². The number of carbonyl (C=O) groups excluding carboxylic acids is 1. The topological polar surface area (TPSA) is 114 Å². The zero-order valence-corrected chi connectivity index (χ0v) is 21.0. The quantitative estimate of drug-likeness (QED) is 0.218. The molecule has 0 aliphatic heterocycles. The smallest absolute Gasteiger partial charge is 0.341 e. The van der Waals surface area contributed by atoms with Crippen molar-refractivity contribution in [2.45, 2.75) is 62.8 Å². The third-order valence-corrected chi connectivity index (χ3v) is 7.34. The highest BCUT2D eigenvalue weighted by molar-refractivity contribution is 7.97. The largest absolute Gasteiger partial charge is 0.477 e. The molecule has 7 nitrogen and oxygen atoms in total. The highest BCUT2D eigenvalue weighted by atomic mass is 32.2. The van der Waals surface area contributed by atoms with Crippen LogP contribution in [0.5, 0.6) is 0 Å². The molecule has 4 N–H and O–H groups in total. The van der Waals surface area contributed by atoms with E-state index in [1.54, 1.807) is 28.8 Å². The number of pyridine rings is 1. The van der Waals surface area contributed by atoms with Crippen LogP contribution in [0.2, 0.25) is 0 Å². The summed E-state index contributed by atoms with van der Waals surface area (Å²) in [5.41, 5.74) is 5.94. The number of primary amides is 1. The summed E-state index contributed by atoms with van der Waals surface area (Å²) >= 11 is 1.33. The van der Waals surface area contributed by atoms with Gasteiger partial charge in [-0.15, -0.1) is 0 Å². The number of nitrogens with one attached hydrogen (secondary N) is 1. The predicted octanol–water partition coefficient (Wildman–Crippen LogP) is 5.51. The molecule has 1 amide bonds. The Morgan fingerprint density at radius 2 is 1.89 bits per heavy atom. The summed E-state index contributed by atoms with van der Waals surface area (Å²) in [6, 6.07) is 7.71. The number of carboxylic acids is 1. The fourth-order valence-electron chi connectivity index (χ4n) is 4.31. The summed E-state index contributed by atoms with van der Waals surface area (Å²) in [5.74, 6) is -2.63. The predicted molar refractivity (Wildman–Crippen MR) is 140 cm³/mol. The Hall–Kier alpha value is -3.17. The van der Waals surface area contributed by atoms with E-state index in [0.29, 0.717) is 16.0 Å². The van der Waals surface area contributed by atoms with E-state index in [9.17, 15) is 19.5 Å². The van der Waals surface area contributed by atoms with Crippen LogP contribution in [0.15, 0.2) is 46.2 Å². The first-order valence-electron chi connectivity index (χ1n) is 12.3. The van der Waals surface area contributed by atoms with E-state index in [0.717, 1.165) is 38.3 Å². The van der Waals surface area contributed by atoms with E-state index in [2.05, 4.69) is 11.6 Å². The van der Waals surface area contributed by atoms with Crippen molar-refractivity contribution in [1.82, 2.24) is 9.29 Å². The van der Waals surface area contributed by atoms with Crippen molar-refractivity contribution >= 4 is 34.7 Å². The van der Waals surface area contributed by atoms with Gasteiger partial charge in [-0.1, -0.05) is 38.7 Å². The van der Waals surface area contributed by atoms with Crippen LogP contribution in [0, 0.1) is 5.82 Å². The van der Waals surface area contributed by atoms with Crippen molar-refractivity contribution in [2.24, 2.45) is 5.73 Å². The van der Waals surface area contributed by atoms with Crippen LogP contribution in [0.1, 0.15) is 78.6 Å². The second kappa shape index (κ2) is 11.3. The van der Waals surface area contributed by atoms with Gasteiger partial charge in [0.05, 0.1) is 11.1 Å². The lowest BCUT2D eigenvalue weighted by molar-refractivity contribution is 0.0694. The number of carboxylic acid groups (broad SMARTS) is 1. The van der Waals surface area contributed by atoms with Gasteiger partial charge in [0.25, 0.3) is 0 Å². The number of hydrogen-bond acceptors (Lipinski definition) is 5. The molecule has 3 aromatic rings. The maximum absolute atomic E-state index is 15.2. The Balaban J connectivity index is 1.66. The van der Waals surface area contributed by atoms with Crippen molar-refractivity contribution in [3.63, 3.8) is 0 Å². The van der Waals surface area contributed by atoms with Gasteiger partial charge >= 0.3 is 5.97 Å². The summed E-state index contributed by atoms with van der Waals surface area (Å²) < 4.78 is 20.3. The fourth-order valence-corrected chi connectivity index (χ4v) is 5.11. The molecule has 0 spiro atoms. The molecule has 1 saturated carbocycles. The molecule has 1 heterocycles. The minimum absolute atomic E-state index is 0.0217. The molecule has 9 heteroatoms. The van der Waals surface area contributed by atoms with Crippen LogP contribution in [-0.4, -0.2) is 28.1 Å². The lowest BCUT2D eigenvalue weighted by atomic mass is 9.99. The third-order valence-electron chi connectivity index (χ3n) is 6.41. The molecular formula is C27H30FN3O4S. The molecule has 1 aliphatic rings. The Bertz CT molecular complexity index is 1370. The first-order valence-corrected chi connectivity index (χ1v) is 13.1. The molecule has 0 atom stereocenters. The number of benzene rings is 2. The lowest BCUT2D eigenvalue weighted by Gasteiger charge is -2.15. The molecule has 0 unspecified atom stereocenters. The average Bonchev–Trinajstić information content (AvgIpc) is 3.69. The van der Waals surface area contributed by atoms with Gasteiger partial charge in [-0.2, -0.15) is 0 Å². The first-order chi connectivity index (χ1) is 17.3. The second-order valence-electron chi connectivity index (χ2n) is 9.15. The SMILES string of the molecule is CCCCCCCNSc1ccc(-c2cc3c(cc2F)c(=O)c(C(=O)O)cn3C2CC2)cc1C(N)=O. The van der Waals surface area contributed by atoms with E-state index in [1.807, 2.05) is 0 Å². The van der Waals surface area contributed by atoms with Crippen molar-refractivity contribution in [3.8, 4) is 11.1 Å². The summed E-state index contributed by atoms with van der Waals surface area (Å²) in [7, 11) is 0.